The van der Waals surface area contributed by atoms with E-state index in [1.807, 2.05) is 0 Å². The highest BCUT2D eigenvalue weighted by Crippen LogP contribution is 2.31. The van der Waals surface area contributed by atoms with Crippen LogP contribution in [0.3, 0.4) is 0 Å². The summed E-state index contributed by atoms with van der Waals surface area (Å²) >= 11 is 6.03. The molecule has 4 rings (SSSR count). The van der Waals surface area contributed by atoms with Gasteiger partial charge in [-0.25, -0.2) is 4.98 Å². The van der Waals surface area contributed by atoms with E-state index in [2.05, 4.69) is 15.6 Å². The van der Waals surface area contributed by atoms with Crippen molar-refractivity contribution in [1.82, 2.24) is 15.6 Å². The fraction of sp³-hybridized carbons (Fsp3) is 0.429. The van der Waals surface area contributed by atoms with Crippen LogP contribution >= 0.6 is 11.6 Å². The molecule has 2 N–H and O–H groups in total. The van der Waals surface area contributed by atoms with E-state index in [4.69, 9.17) is 16.0 Å². The molecule has 1 amide bonds. The molecule has 20 heavy (non-hydrogen) atoms. The molecular weight excluding hydrogens is 278 g/mol. The second kappa shape index (κ2) is 4.46. The Labute approximate surface area is 120 Å². The van der Waals surface area contributed by atoms with Gasteiger partial charge in [-0.2, -0.15) is 0 Å². The Kier molecular flexibility index (Phi) is 2.72. The van der Waals surface area contributed by atoms with Crippen LogP contribution in [-0.4, -0.2) is 29.5 Å². The molecule has 1 saturated heterocycles. The van der Waals surface area contributed by atoms with Crippen LogP contribution in [-0.2, 0) is 0 Å². The summed E-state index contributed by atoms with van der Waals surface area (Å²) in [5.41, 5.74) is 0.868. The first-order valence-electron chi connectivity index (χ1n) is 6.78. The summed E-state index contributed by atoms with van der Waals surface area (Å²) < 4.78 is 5.22. The van der Waals surface area contributed by atoms with Gasteiger partial charge < -0.3 is 15.1 Å². The van der Waals surface area contributed by atoms with E-state index in [-0.39, 0.29) is 17.1 Å². The number of piperidine rings is 1. The van der Waals surface area contributed by atoms with E-state index in [0.29, 0.717) is 23.2 Å². The van der Waals surface area contributed by atoms with Crippen LogP contribution < -0.4 is 10.6 Å². The maximum absolute atomic E-state index is 12.3. The molecular formula is C14H14ClN3O2. The third kappa shape index (κ3) is 1.89. The van der Waals surface area contributed by atoms with Gasteiger partial charge in [0.15, 0.2) is 10.7 Å². The van der Waals surface area contributed by atoms with Crippen LogP contribution in [0, 0.1) is 5.92 Å². The Morgan fingerprint density at radius 2 is 2.40 bits per heavy atom. The molecule has 1 saturated carbocycles. The summed E-state index contributed by atoms with van der Waals surface area (Å²) in [7, 11) is 0. The average Bonchev–Trinajstić information content (AvgIpc) is 3.13. The minimum atomic E-state index is -0.160. The van der Waals surface area contributed by atoms with Gasteiger partial charge in [0.25, 0.3) is 5.91 Å². The van der Waals surface area contributed by atoms with Gasteiger partial charge in [0.2, 0.25) is 0 Å². The molecule has 2 bridgehead atoms. The van der Waals surface area contributed by atoms with Gasteiger partial charge in [-0.15, -0.1) is 0 Å². The molecule has 2 aliphatic rings. The number of rotatable bonds is 2. The topological polar surface area (TPSA) is 67.2 Å². The molecule has 0 radical (unpaired) electrons. The van der Waals surface area contributed by atoms with Gasteiger partial charge >= 0.3 is 0 Å². The molecule has 6 heteroatoms. The summed E-state index contributed by atoms with van der Waals surface area (Å²) in [5, 5.41) is 7.53. The van der Waals surface area contributed by atoms with E-state index < -0.39 is 0 Å². The number of furan rings is 1. The maximum atomic E-state index is 12.3. The maximum Gasteiger partial charge on any atom is 0.270 e. The number of amides is 1. The third-order valence-corrected chi connectivity index (χ3v) is 4.56. The van der Waals surface area contributed by atoms with Crippen LogP contribution in [0.5, 0.6) is 0 Å². The predicted molar refractivity (Wildman–Crippen MR) is 74.8 cm³/mol. The number of pyridine rings is 1. The van der Waals surface area contributed by atoms with Crippen LogP contribution in [0.25, 0.3) is 11.0 Å². The molecule has 0 aromatic carbocycles. The van der Waals surface area contributed by atoms with Crippen molar-refractivity contribution in [3.8, 4) is 0 Å². The van der Waals surface area contributed by atoms with Crippen molar-refractivity contribution in [3.05, 3.63) is 29.2 Å². The second-order valence-corrected chi connectivity index (χ2v) is 5.91. The molecule has 0 spiro atoms. The van der Waals surface area contributed by atoms with Crippen molar-refractivity contribution in [3.63, 3.8) is 0 Å². The first-order valence-corrected chi connectivity index (χ1v) is 7.16. The molecule has 104 valence electrons. The molecule has 2 aromatic rings. The predicted octanol–water partition coefficient (Wildman–Crippen LogP) is 1.96. The lowest BCUT2D eigenvalue weighted by Crippen LogP contribution is -2.44. The molecule has 2 fully saturated rings. The Morgan fingerprint density at radius 1 is 1.50 bits per heavy atom. The second-order valence-electron chi connectivity index (χ2n) is 5.55. The number of aromatic nitrogens is 1. The largest absolute Gasteiger partial charge is 0.461 e. The van der Waals surface area contributed by atoms with Gasteiger partial charge in [-0.1, -0.05) is 11.6 Å². The molecule has 3 heterocycles. The molecule has 1 aliphatic heterocycles. The number of fused-ring (bicyclic) bond motifs is 3. The highest BCUT2D eigenvalue weighted by atomic mass is 35.5. The highest BCUT2D eigenvalue weighted by Gasteiger charge is 2.40. The van der Waals surface area contributed by atoms with Gasteiger partial charge in [-0.3, -0.25) is 4.79 Å². The Morgan fingerprint density at radius 3 is 3.15 bits per heavy atom. The van der Waals surface area contributed by atoms with Crippen LogP contribution in [0.4, 0.5) is 0 Å². The molecule has 3 unspecified atom stereocenters. The smallest absolute Gasteiger partial charge is 0.270 e. The quantitative estimate of drug-likeness (QED) is 0.830. The number of hydrogen-bond donors (Lipinski definition) is 2. The third-order valence-electron chi connectivity index (χ3n) is 4.31. The molecule has 3 atom stereocenters. The van der Waals surface area contributed by atoms with E-state index in [1.165, 1.54) is 0 Å². The zero-order chi connectivity index (χ0) is 13.7. The van der Waals surface area contributed by atoms with Gasteiger partial charge in [0.1, 0.15) is 5.69 Å². The summed E-state index contributed by atoms with van der Waals surface area (Å²) in [6, 6.07) is 4.29. The Bertz CT molecular complexity index is 684. The minimum Gasteiger partial charge on any atom is -0.461 e. The van der Waals surface area contributed by atoms with Crippen molar-refractivity contribution < 1.29 is 9.21 Å². The fourth-order valence-corrected chi connectivity index (χ4v) is 3.55. The normalized spacial score (nSPS) is 28.1. The van der Waals surface area contributed by atoms with Crippen molar-refractivity contribution >= 4 is 28.5 Å². The summed E-state index contributed by atoms with van der Waals surface area (Å²) in [4.78, 5) is 16.4. The first-order chi connectivity index (χ1) is 9.70. The van der Waals surface area contributed by atoms with E-state index in [0.717, 1.165) is 24.8 Å². The number of hydrogen-bond acceptors (Lipinski definition) is 4. The van der Waals surface area contributed by atoms with E-state index in [1.54, 1.807) is 18.4 Å². The number of halogens is 1. The standard InChI is InChI=1S/C14H14ClN3O2/c15-13-12-7(1-2-20-12)4-11(17-13)14(19)18-10-5-9-3-8(10)6-16-9/h1-2,4,8-10,16H,3,5-6H2,(H,18,19). The van der Waals surface area contributed by atoms with Crippen molar-refractivity contribution in [2.75, 3.05) is 6.54 Å². The minimum absolute atomic E-state index is 0.160. The van der Waals surface area contributed by atoms with Crippen molar-refractivity contribution in [2.45, 2.75) is 24.9 Å². The summed E-state index contributed by atoms with van der Waals surface area (Å²) in [6.45, 7) is 0.991. The Balaban J connectivity index is 1.57. The number of carbonyl (C=O) groups excluding carboxylic acids is 1. The van der Waals surface area contributed by atoms with E-state index in [9.17, 15) is 4.79 Å². The van der Waals surface area contributed by atoms with E-state index >= 15 is 0 Å². The van der Waals surface area contributed by atoms with Gasteiger partial charge in [0, 0.05) is 24.0 Å². The Hall–Kier alpha value is -1.59. The SMILES string of the molecule is O=C(NC1CC2CC1CN2)c1cc2ccoc2c(Cl)n1. The monoisotopic (exact) mass is 291 g/mol. The summed E-state index contributed by atoms with van der Waals surface area (Å²) in [5.74, 6) is 0.379. The van der Waals surface area contributed by atoms with Crippen molar-refractivity contribution in [2.24, 2.45) is 5.92 Å². The van der Waals surface area contributed by atoms with Gasteiger partial charge in [0.05, 0.1) is 6.26 Å². The van der Waals surface area contributed by atoms with Crippen LogP contribution in [0.15, 0.2) is 22.8 Å². The summed E-state index contributed by atoms with van der Waals surface area (Å²) in [6.07, 6.45) is 3.69. The molecule has 2 aromatic heterocycles. The molecule has 1 aliphatic carbocycles. The average molecular weight is 292 g/mol. The molecule has 5 nitrogen and oxygen atoms in total. The lowest BCUT2D eigenvalue weighted by Gasteiger charge is -2.23. The van der Waals surface area contributed by atoms with Crippen LogP contribution in [0.2, 0.25) is 5.15 Å². The zero-order valence-corrected chi connectivity index (χ0v) is 11.5. The van der Waals surface area contributed by atoms with Gasteiger partial charge in [-0.05, 0) is 30.9 Å². The van der Waals surface area contributed by atoms with Crippen LogP contribution in [0.1, 0.15) is 23.3 Å². The lowest BCUT2D eigenvalue weighted by atomic mass is 10.0. The number of nitrogens with zero attached hydrogens (tertiary/aromatic N) is 1. The van der Waals surface area contributed by atoms with Crippen molar-refractivity contribution in [1.29, 1.82) is 0 Å². The lowest BCUT2D eigenvalue weighted by molar-refractivity contribution is 0.0920. The fourth-order valence-electron chi connectivity index (χ4n) is 3.31. The first kappa shape index (κ1) is 12.2. The zero-order valence-electron chi connectivity index (χ0n) is 10.7. The number of carbonyl (C=O) groups is 1. The number of nitrogens with one attached hydrogen (secondary N) is 2. The highest BCUT2D eigenvalue weighted by molar-refractivity contribution is 6.33.